The van der Waals surface area contributed by atoms with Gasteiger partial charge in [0.05, 0.1) is 35.3 Å². The van der Waals surface area contributed by atoms with E-state index in [1.807, 2.05) is 13.0 Å². The SMILES string of the molecule is COc1cc(C=Nn2cc(C)nc2N)ccc1OCc1c(Cl)cc(Cl)cc1Cl. The summed E-state index contributed by atoms with van der Waals surface area (Å²) in [5, 5.41) is 5.63. The molecule has 6 nitrogen and oxygen atoms in total. The lowest BCUT2D eigenvalue weighted by atomic mass is 10.2. The predicted molar refractivity (Wildman–Crippen MR) is 113 cm³/mol. The zero-order valence-corrected chi connectivity index (χ0v) is 17.4. The number of aryl methyl sites for hydroxylation is 1. The Labute approximate surface area is 177 Å². The molecule has 0 atom stereocenters. The van der Waals surface area contributed by atoms with Gasteiger partial charge in [-0.25, -0.2) is 9.66 Å². The van der Waals surface area contributed by atoms with Gasteiger partial charge in [-0.05, 0) is 42.8 Å². The van der Waals surface area contributed by atoms with Crippen LogP contribution in [-0.2, 0) is 6.61 Å². The Morgan fingerprint density at radius 1 is 1.14 bits per heavy atom. The molecule has 0 spiro atoms. The number of rotatable bonds is 6. The van der Waals surface area contributed by atoms with Crippen LogP contribution in [0.1, 0.15) is 16.8 Å². The van der Waals surface area contributed by atoms with Crippen LogP contribution in [0.5, 0.6) is 11.5 Å². The van der Waals surface area contributed by atoms with Crippen molar-refractivity contribution >= 4 is 47.0 Å². The van der Waals surface area contributed by atoms with E-state index in [1.54, 1.807) is 43.8 Å². The van der Waals surface area contributed by atoms with Crippen LogP contribution >= 0.6 is 34.8 Å². The van der Waals surface area contributed by atoms with Crippen LogP contribution in [-0.4, -0.2) is 23.0 Å². The van der Waals surface area contributed by atoms with Gasteiger partial charge in [-0.1, -0.05) is 34.8 Å². The second-order valence-electron chi connectivity index (χ2n) is 5.88. The van der Waals surface area contributed by atoms with E-state index in [2.05, 4.69) is 10.1 Å². The first-order valence-corrected chi connectivity index (χ1v) is 9.31. The third-order valence-corrected chi connectivity index (χ3v) is 4.72. The molecule has 0 unspecified atom stereocenters. The third-order valence-electron chi connectivity index (χ3n) is 3.83. The molecule has 9 heteroatoms. The lowest BCUT2D eigenvalue weighted by molar-refractivity contribution is 0.284. The van der Waals surface area contributed by atoms with Gasteiger partial charge in [0.25, 0.3) is 0 Å². The number of hydrogen-bond acceptors (Lipinski definition) is 5. The van der Waals surface area contributed by atoms with Crippen molar-refractivity contribution in [1.82, 2.24) is 9.66 Å². The van der Waals surface area contributed by atoms with Gasteiger partial charge in [0.15, 0.2) is 11.5 Å². The van der Waals surface area contributed by atoms with Gasteiger partial charge < -0.3 is 15.2 Å². The number of hydrogen-bond donors (Lipinski definition) is 1. The van der Waals surface area contributed by atoms with E-state index in [1.165, 1.54) is 4.68 Å². The number of methoxy groups -OCH3 is 1. The summed E-state index contributed by atoms with van der Waals surface area (Å²) in [6, 6.07) is 8.65. The van der Waals surface area contributed by atoms with E-state index in [0.717, 1.165) is 11.3 Å². The summed E-state index contributed by atoms with van der Waals surface area (Å²) in [6.07, 6.45) is 3.39. The standard InChI is InChI=1S/C19H17Cl3N4O2/c1-11-9-26(19(23)25-11)24-8-12-3-4-17(18(5-12)27-2)28-10-14-15(21)6-13(20)7-16(14)22/h3-9H,10H2,1-2H3,(H2,23,25). The van der Waals surface area contributed by atoms with Gasteiger partial charge in [-0.3, -0.25) is 0 Å². The lowest BCUT2D eigenvalue weighted by Crippen LogP contribution is -2.00. The van der Waals surface area contributed by atoms with Crippen LogP contribution in [0, 0.1) is 6.92 Å². The number of halogens is 3. The smallest absolute Gasteiger partial charge is 0.221 e. The summed E-state index contributed by atoms with van der Waals surface area (Å²) in [6.45, 7) is 2.01. The molecule has 0 aliphatic carbocycles. The highest BCUT2D eigenvalue weighted by atomic mass is 35.5. The van der Waals surface area contributed by atoms with Gasteiger partial charge in [0.2, 0.25) is 5.95 Å². The maximum Gasteiger partial charge on any atom is 0.221 e. The molecule has 2 aromatic carbocycles. The lowest BCUT2D eigenvalue weighted by Gasteiger charge is -2.13. The molecule has 0 bridgehead atoms. The van der Waals surface area contributed by atoms with Gasteiger partial charge in [0.1, 0.15) is 6.61 Å². The minimum atomic E-state index is 0.170. The largest absolute Gasteiger partial charge is 0.493 e. The summed E-state index contributed by atoms with van der Waals surface area (Å²) < 4.78 is 12.8. The second-order valence-corrected chi connectivity index (χ2v) is 7.13. The second kappa shape index (κ2) is 8.73. The average molecular weight is 440 g/mol. The monoisotopic (exact) mass is 438 g/mol. The summed E-state index contributed by atoms with van der Waals surface area (Å²) in [4.78, 5) is 4.10. The fourth-order valence-electron chi connectivity index (χ4n) is 2.47. The van der Waals surface area contributed by atoms with Gasteiger partial charge in [0, 0.05) is 10.6 Å². The fraction of sp³-hybridized carbons (Fsp3) is 0.158. The highest BCUT2D eigenvalue weighted by molar-refractivity contribution is 6.39. The Morgan fingerprint density at radius 2 is 1.86 bits per heavy atom. The maximum absolute atomic E-state index is 6.20. The molecule has 1 aromatic heterocycles. The van der Waals surface area contributed by atoms with Crippen LogP contribution in [0.3, 0.4) is 0 Å². The Morgan fingerprint density at radius 3 is 2.46 bits per heavy atom. The van der Waals surface area contributed by atoms with E-state index in [9.17, 15) is 0 Å². The number of imidazole rings is 1. The highest BCUT2D eigenvalue weighted by Gasteiger charge is 2.11. The van der Waals surface area contributed by atoms with E-state index < -0.39 is 0 Å². The number of nitrogens with two attached hydrogens (primary N) is 1. The number of aromatic nitrogens is 2. The van der Waals surface area contributed by atoms with Crippen molar-refractivity contribution < 1.29 is 9.47 Å². The molecule has 2 N–H and O–H groups in total. The van der Waals surface area contributed by atoms with Crippen molar-refractivity contribution in [1.29, 1.82) is 0 Å². The molecule has 3 rings (SSSR count). The number of nitrogens with zero attached hydrogens (tertiary/aromatic N) is 3. The summed E-state index contributed by atoms with van der Waals surface area (Å²) in [7, 11) is 1.56. The molecule has 3 aromatic rings. The molecule has 0 saturated carbocycles. The molecule has 0 saturated heterocycles. The Kier molecular flexibility index (Phi) is 6.34. The van der Waals surface area contributed by atoms with Crippen molar-refractivity contribution in [2.45, 2.75) is 13.5 Å². The van der Waals surface area contributed by atoms with Crippen LogP contribution in [0.2, 0.25) is 15.1 Å². The number of nitrogen functional groups attached to an aromatic ring is 1. The normalized spacial score (nSPS) is 11.2. The molecule has 0 fully saturated rings. The Bertz CT molecular complexity index is 1010. The van der Waals surface area contributed by atoms with E-state index >= 15 is 0 Å². The number of benzene rings is 2. The van der Waals surface area contributed by atoms with Crippen molar-refractivity contribution in [2.24, 2.45) is 5.10 Å². The Balaban J connectivity index is 1.77. The molecule has 28 heavy (non-hydrogen) atoms. The molecule has 0 aliphatic heterocycles. The predicted octanol–water partition coefficient (Wildman–Crippen LogP) is 5.20. The van der Waals surface area contributed by atoms with Crippen LogP contribution in [0.15, 0.2) is 41.6 Å². The molecule has 0 radical (unpaired) electrons. The average Bonchev–Trinajstić information content (AvgIpc) is 2.96. The first kappa shape index (κ1) is 20.3. The van der Waals surface area contributed by atoms with Crippen molar-refractivity contribution in [3.05, 3.63) is 68.4 Å². The first-order valence-electron chi connectivity index (χ1n) is 8.17. The molecule has 1 heterocycles. The third kappa shape index (κ3) is 4.70. The molecular weight excluding hydrogens is 423 g/mol. The van der Waals surface area contributed by atoms with E-state index in [-0.39, 0.29) is 6.61 Å². The van der Waals surface area contributed by atoms with Gasteiger partial charge in [-0.15, -0.1) is 0 Å². The van der Waals surface area contributed by atoms with Crippen LogP contribution in [0.4, 0.5) is 5.95 Å². The number of anilines is 1. The van der Waals surface area contributed by atoms with E-state index in [4.69, 9.17) is 50.0 Å². The molecule has 0 amide bonds. The van der Waals surface area contributed by atoms with Crippen molar-refractivity contribution in [3.8, 4) is 11.5 Å². The Hall–Kier alpha value is -2.41. The maximum atomic E-state index is 6.20. The van der Waals surface area contributed by atoms with Crippen molar-refractivity contribution in [3.63, 3.8) is 0 Å². The quantitative estimate of drug-likeness (QED) is 0.535. The number of ether oxygens (including phenoxy) is 2. The van der Waals surface area contributed by atoms with Crippen molar-refractivity contribution in [2.75, 3.05) is 12.8 Å². The molecule has 146 valence electrons. The first-order chi connectivity index (χ1) is 13.4. The van der Waals surface area contributed by atoms with Gasteiger partial charge in [-0.2, -0.15) is 5.10 Å². The van der Waals surface area contributed by atoms with Crippen LogP contribution in [0.25, 0.3) is 0 Å². The topological polar surface area (TPSA) is 74.7 Å². The zero-order chi connectivity index (χ0) is 20.3. The minimum Gasteiger partial charge on any atom is -0.493 e. The van der Waals surface area contributed by atoms with E-state index in [0.29, 0.717) is 38.1 Å². The summed E-state index contributed by atoms with van der Waals surface area (Å²) in [5.74, 6) is 1.40. The van der Waals surface area contributed by atoms with Crippen LogP contribution < -0.4 is 15.2 Å². The van der Waals surface area contributed by atoms with Gasteiger partial charge >= 0.3 is 0 Å². The minimum absolute atomic E-state index is 0.170. The summed E-state index contributed by atoms with van der Waals surface area (Å²) >= 11 is 18.3. The molecule has 0 aliphatic rings. The zero-order valence-electron chi connectivity index (χ0n) is 15.1. The highest BCUT2D eigenvalue weighted by Crippen LogP contribution is 2.32. The molecular formula is C19H17Cl3N4O2. The summed E-state index contributed by atoms with van der Waals surface area (Å²) in [5.41, 5.74) is 8.01. The fourth-order valence-corrected chi connectivity index (χ4v) is 3.39.